The van der Waals surface area contributed by atoms with Gasteiger partial charge in [-0.1, -0.05) is 30.0 Å². The molecule has 0 aromatic carbocycles. The Morgan fingerprint density at radius 3 is 2.95 bits per heavy atom. The van der Waals surface area contributed by atoms with Crippen molar-refractivity contribution in [1.29, 1.82) is 0 Å². The van der Waals surface area contributed by atoms with E-state index in [4.69, 9.17) is 12.2 Å². The summed E-state index contributed by atoms with van der Waals surface area (Å²) in [4.78, 5) is 28.3. The number of hydrogen-bond acceptors (Lipinski definition) is 6. The minimum atomic E-state index is -1.21. The number of thioether (sulfide) groups is 1. The van der Waals surface area contributed by atoms with Crippen LogP contribution in [0.15, 0.2) is 29.3 Å². The Labute approximate surface area is 119 Å². The number of pyridine rings is 1. The van der Waals surface area contributed by atoms with Crippen LogP contribution in [-0.4, -0.2) is 32.6 Å². The molecule has 2 heterocycles. The molecule has 5 nitrogen and oxygen atoms in total. The van der Waals surface area contributed by atoms with Crippen LogP contribution in [-0.2, 0) is 9.59 Å². The number of nitrogens with zero attached hydrogens (tertiary/aromatic N) is 2. The number of aliphatic carboxylic acids is 1. The molecule has 7 heteroatoms. The van der Waals surface area contributed by atoms with Gasteiger partial charge in [0.25, 0.3) is 5.91 Å². The number of carboxylic acids is 1. The lowest BCUT2D eigenvalue weighted by Gasteiger charge is -2.14. The van der Waals surface area contributed by atoms with Gasteiger partial charge in [-0.05, 0) is 18.2 Å². The number of aromatic nitrogens is 1. The first-order chi connectivity index (χ1) is 9.08. The van der Waals surface area contributed by atoms with Crippen LogP contribution in [0.3, 0.4) is 0 Å². The van der Waals surface area contributed by atoms with E-state index in [2.05, 4.69) is 4.98 Å². The van der Waals surface area contributed by atoms with Crippen LogP contribution < -0.4 is 5.11 Å². The summed E-state index contributed by atoms with van der Waals surface area (Å²) in [6.45, 7) is 0.0343. The first-order valence-corrected chi connectivity index (χ1v) is 6.66. The van der Waals surface area contributed by atoms with E-state index < -0.39 is 5.97 Å². The van der Waals surface area contributed by atoms with Crippen molar-refractivity contribution in [1.82, 2.24) is 9.88 Å². The highest BCUT2D eigenvalue weighted by Crippen LogP contribution is 2.32. The molecule has 1 amide bonds. The number of carboxylic acid groups (broad SMARTS) is 1. The van der Waals surface area contributed by atoms with Gasteiger partial charge in [-0.3, -0.25) is 14.7 Å². The second kappa shape index (κ2) is 5.94. The average Bonchev–Trinajstić information content (AvgIpc) is 2.63. The van der Waals surface area contributed by atoms with Crippen LogP contribution in [0, 0.1) is 0 Å². The molecule has 0 radical (unpaired) electrons. The summed E-state index contributed by atoms with van der Waals surface area (Å²) >= 11 is 6.20. The largest absolute Gasteiger partial charge is 0.550 e. The molecule has 0 unspecified atom stereocenters. The Balaban J connectivity index is 2.14. The lowest BCUT2D eigenvalue weighted by molar-refractivity contribution is -0.305. The minimum Gasteiger partial charge on any atom is -0.550 e. The van der Waals surface area contributed by atoms with E-state index in [1.54, 1.807) is 24.4 Å². The van der Waals surface area contributed by atoms with Crippen LogP contribution in [0.1, 0.15) is 12.1 Å². The van der Waals surface area contributed by atoms with Gasteiger partial charge < -0.3 is 9.90 Å². The lowest BCUT2D eigenvalue weighted by Crippen LogP contribution is -2.33. The second-order valence-corrected chi connectivity index (χ2v) is 5.39. The molecular weight excluding hydrogens is 284 g/mol. The fourth-order valence-corrected chi connectivity index (χ4v) is 2.78. The highest BCUT2D eigenvalue weighted by atomic mass is 32.2. The first-order valence-electron chi connectivity index (χ1n) is 5.44. The molecule has 1 aliphatic rings. The normalized spacial score (nSPS) is 17.3. The molecule has 0 N–H and O–H groups in total. The van der Waals surface area contributed by atoms with Crippen molar-refractivity contribution >= 4 is 46.3 Å². The number of thiocarbonyl (C=S) groups is 1. The van der Waals surface area contributed by atoms with Crippen LogP contribution in [0.25, 0.3) is 6.08 Å². The van der Waals surface area contributed by atoms with Gasteiger partial charge >= 0.3 is 0 Å². The number of carbonyl (C=O) groups is 2. The Kier molecular flexibility index (Phi) is 4.28. The van der Waals surface area contributed by atoms with E-state index in [9.17, 15) is 14.7 Å². The van der Waals surface area contributed by atoms with E-state index in [1.165, 1.54) is 4.90 Å². The minimum absolute atomic E-state index is 0.0343. The van der Waals surface area contributed by atoms with Crippen LogP contribution >= 0.6 is 24.0 Å². The van der Waals surface area contributed by atoms with Crippen molar-refractivity contribution in [2.45, 2.75) is 6.42 Å². The number of rotatable bonds is 4. The summed E-state index contributed by atoms with van der Waals surface area (Å²) in [6, 6.07) is 5.37. The van der Waals surface area contributed by atoms with Gasteiger partial charge in [0.15, 0.2) is 0 Å². The highest BCUT2D eigenvalue weighted by molar-refractivity contribution is 8.26. The fourth-order valence-electron chi connectivity index (χ4n) is 1.49. The molecule has 0 saturated carbocycles. The quantitative estimate of drug-likeness (QED) is 0.592. The molecule has 1 fully saturated rings. The molecule has 1 aliphatic heterocycles. The Morgan fingerprint density at radius 1 is 1.53 bits per heavy atom. The number of amides is 1. The molecule has 0 atom stereocenters. The summed E-state index contributed by atoms with van der Waals surface area (Å²) in [6.07, 6.45) is 3.03. The molecule has 98 valence electrons. The maximum atomic E-state index is 12.0. The van der Waals surface area contributed by atoms with Crippen molar-refractivity contribution < 1.29 is 14.7 Å². The fraction of sp³-hybridized carbons (Fsp3) is 0.167. The van der Waals surface area contributed by atoms with E-state index in [1.807, 2.05) is 6.07 Å². The highest BCUT2D eigenvalue weighted by Gasteiger charge is 2.31. The topological polar surface area (TPSA) is 73.3 Å². The van der Waals surface area contributed by atoms with Gasteiger partial charge in [-0.25, -0.2) is 0 Å². The predicted octanol–water partition coefficient (Wildman–Crippen LogP) is 0.423. The second-order valence-electron chi connectivity index (χ2n) is 3.71. The molecule has 2 rings (SSSR count). The summed E-state index contributed by atoms with van der Waals surface area (Å²) in [5.41, 5.74) is 0.655. The van der Waals surface area contributed by atoms with Crippen molar-refractivity contribution in [3.8, 4) is 0 Å². The maximum absolute atomic E-state index is 12.0. The Morgan fingerprint density at radius 2 is 2.32 bits per heavy atom. The van der Waals surface area contributed by atoms with Crippen molar-refractivity contribution in [3.05, 3.63) is 35.0 Å². The predicted molar refractivity (Wildman–Crippen MR) is 73.7 cm³/mol. The zero-order valence-corrected chi connectivity index (χ0v) is 11.4. The van der Waals surface area contributed by atoms with Gasteiger partial charge in [0.1, 0.15) is 4.32 Å². The monoisotopic (exact) mass is 293 g/mol. The Hall–Kier alpha value is -1.73. The smallest absolute Gasteiger partial charge is 0.266 e. The van der Waals surface area contributed by atoms with E-state index in [0.717, 1.165) is 11.8 Å². The molecule has 0 aliphatic carbocycles. The van der Waals surface area contributed by atoms with Crippen molar-refractivity contribution in [2.24, 2.45) is 0 Å². The Bertz CT molecular complexity index is 557. The van der Waals surface area contributed by atoms with Crippen LogP contribution in [0.5, 0.6) is 0 Å². The third-order valence-electron chi connectivity index (χ3n) is 2.38. The van der Waals surface area contributed by atoms with Crippen LogP contribution in [0.4, 0.5) is 0 Å². The summed E-state index contributed by atoms with van der Waals surface area (Å²) in [5, 5.41) is 10.4. The van der Waals surface area contributed by atoms with Gasteiger partial charge in [0, 0.05) is 25.1 Å². The summed E-state index contributed by atoms with van der Waals surface area (Å²) in [7, 11) is 0. The van der Waals surface area contributed by atoms with E-state index >= 15 is 0 Å². The van der Waals surface area contributed by atoms with Crippen LogP contribution in [0.2, 0.25) is 0 Å². The maximum Gasteiger partial charge on any atom is 0.266 e. The third kappa shape index (κ3) is 3.39. The van der Waals surface area contributed by atoms with E-state index in [0.29, 0.717) is 14.9 Å². The van der Waals surface area contributed by atoms with Gasteiger partial charge in [-0.2, -0.15) is 0 Å². The van der Waals surface area contributed by atoms with Gasteiger partial charge in [0.2, 0.25) is 0 Å². The average molecular weight is 293 g/mol. The lowest BCUT2D eigenvalue weighted by atomic mass is 10.3. The number of hydrogen-bond donors (Lipinski definition) is 0. The third-order valence-corrected chi connectivity index (χ3v) is 3.76. The molecular formula is C12H9N2O3S2-. The molecule has 1 saturated heterocycles. The number of carbonyl (C=O) groups excluding carboxylic acids is 2. The van der Waals surface area contributed by atoms with E-state index in [-0.39, 0.29) is 18.9 Å². The first kappa shape index (κ1) is 13.7. The molecule has 1 aromatic heterocycles. The molecule has 1 aromatic rings. The van der Waals surface area contributed by atoms with Crippen molar-refractivity contribution in [2.75, 3.05) is 6.54 Å². The summed E-state index contributed by atoms with van der Waals surface area (Å²) in [5.74, 6) is -1.50. The SMILES string of the molecule is O=C([O-])CCN1C(=O)/C(=C/c2ccccn2)SC1=S. The summed E-state index contributed by atoms with van der Waals surface area (Å²) < 4.78 is 0.355. The molecule has 0 bridgehead atoms. The van der Waals surface area contributed by atoms with Gasteiger partial charge in [0.05, 0.1) is 10.6 Å². The zero-order valence-electron chi connectivity index (χ0n) is 9.74. The standard InChI is InChI=1S/C12H10N2O3S2/c15-10(16)4-6-14-11(17)9(19-12(14)18)7-8-3-1-2-5-13-8/h1-3,5,7H,4,6H2,(H,15,16)/p-1/b9-7-. The molecule has 0 spiro atoms. The molecule has 19 heavy (non-hydrogen) atoms. The zero-order chi connectivity index (χ0) is 13.8. The van der Waals surface area contributed by atoms with Gasteiger partial charge in [-0.15, -0.1) is 0 Å². The van der Waals surface area contributed by atoms with Crippen molar-refractivity contribution in [3.63, 3.8) is 0 Å².